The van der Waals surface area contributed by atoms with Crippen molar-refractivity contribution in [2.45, 2.75) is 0 Å². The number of hydrogen-bond donors (Lipinski definition) is 4. The zero-order valence-corrected chi connectivity index (χ0v) is 20.1. The second kappa shape index (κ2) is 9.41. The van der Waals surface area contributed by atoms with Gasteiger partial charge in [-0.15, -0.1) is 0 Å². The summed E-state index contributed by atoms with van der Waals surface area (Å²) in [5.74, 6) is -1.16. The predicted octanol–water partition coefficient (Wildman–Crippen LogP) is 7.22. The van der Waals surface area contributed by atoms with Crippen molar-refractivity contribution in [1.29, 1.82) is 0 Å². The molecule has 178 valence electrons. The van der Waals surface area contributed by atoms with Gasteiger partial charge in [0.1, 0.15) is 11.5 Å². The average Bonchev–Trinajstić information content (AvgIpc) is 2.87. The Morgan fingerprint density at radius 2 is 0.972 bits per heavy atom. The quantitative estimate of drug-likeness (QED) is 0.150. The molecule has 0 bridgehead atoms. The Kier molecular flexibility index (Phi) is 6.14. The van der Waals surface area contributed by atoms with Crippen LogP contribution in [0.15, 0.2) is 84.9 Å². The fourth-order valence-electron chi connectivity index (χ4n) is 4.14. The summed E-state index contributed by atoms with van der Waals surface area (Å²) in [4.78, 5) is 25.7. The summed E-state index contributed by atoms with van der Waals surface area (Å²) in [6.07, 6.45) is 0. The number of phenols is 2. The minimum absolute atomic E-state index is 0.154. The SMILES string of the molecule is O=C(Nc1cccc2c(O)c3c(NC(=O)c4cccc(Cl)c4)cccc3c(O)c12)c1cccc(Cl)c1. The van der Waals surface area contributed by atoms with E-state index in [4.69, 9.17) is 23.2 Å². The summed E-state index contributed by atoms with van der Waals surface area (Å²) in [7, 11) is 0. The highest BCUT2D eigenvalue weighted by Gasteiger charge is 2.20. The molecule has 0 aliphatic heterocycles. The third-order valence-electron chi connectivity index (χ3n) is 5.78. The van der Waals surface area contributed by atoms with E-state index in [1.54, 1.807) is 72.8 Å². The predicted molar refractivity (Wildman–Crippen MR) is 144 cm³/mol. The van der Waals surface area contributed by atoms with E-state index in [2.05, 4.69) is 10.6 Å². The molecule has 5 aromatic carbocycles. The summed E-state index contributed by atoms with van der Waals surface area (Å²) in [5.41, 5.74) is 1.30. The number of anilines is 2. The van der Waals surface area contributed by atoms with Crippen LogP contribution < -0.4 is 10.6 Å². The smallest absolute Gasteiger partial charge is 0.255 e. The molecule has 8 heteroatoms. The Morgan fingerprint density at radius 3 is 1.36 bits per heavy atom. The van der Waals surface area contributed by atoms with Crippen LogP contribution in [0.4, 0.5) is 11.4 Å². The van der Waals surface area contributed by atoms with E-state index in [0.29, 0.717) is 43.3 Å². The number of hydrogen-bond acceptors (Lipinski definition) is 4. The number of amides is 2. The number of halogens is 2. The molecule has 0 saturated carbocycles. The number of nitrogens with one attached hydrogen (secondary N) is 2. The van der Waals surface area contributed by atoms with Gasteiger partial charge in [-0.1, -0.05) is 59.6 Å². The van der Waals surface area contributed by atoms with E-state index in [1.807, 2.05) is 0 Å². The van der Waals surface area contributed by atoms with Crippen LogP contribution in [0.5, 0.6) is 11.5 Å². The molecule has 5 aromatic rings. The molecule has 0 aromatic heterocycles. The standard InChI is InChI=1S/C28H18Cl2N2O4/c29-17-7-1-5-15(13-17)27(35)31-21-11-3-9-19-23(21)25(33)20-10-4-12-22(24(20)26(19)34)32-28(36)16-6-2-8-18(30)14-16/h1-14,33-34H,(H,31,35)(H,32,36). The van der Waals surface area contributed by atoms with Crippen LogP contribution in [0.3, 0.4) is 0 Å². The van der Waals surface area contributed by atoms with Crippen molar-refractivity contribution in [2.24, 2.45) is 0 Å². The Morgan fingerprint density at radius 1 is 0.583 bits per heavy atom. The van der Waals surface area contributed by atoms with Crippen LogP contribution in [0.2, 0.25) is 10.0 Å². The molecule has 4 N–H and O–H groups in total. The van der Waals surface area contributed by atoms with Gasteiger partial charge >= 0.3 is 0 Å². The van der Waals surface area contributed by atoms with Gasteiger partial charge in [-0.2, -0.15) is 0 Å². The number of phenolic OH excluding ortho intramolecular Hbond substituents is 2. The molecule has 0 spiro atoms. The summed E-state index contributed by atoms with van der Waals surface area (Å²) in [5, 5.41) is 30.0. The second-order valence-corrected chi connectivity index (χ2v) is 8.96. The van der Waals surface area contributed by atoms with Gasteiger partial charge in [0.15, 0.2) is 0 Å². The fourth-order valence-corrected chi connectivity index (χ4v) is 4.52. The van der Waals surface area contributed by atoms with E-state index in [1.165, 1.54) is 12.1 Å². The third kappa shape index (κ3) is 4.28. The molecular weight excluding hydrogens is 499 g/mol. The highest BCUT2D eigenvalue weighted by molar-refractivity contribution is 6.31. The lowest BCUT2D eigenvalue weighted by molar-refractivity contribution is 0.101. The number of aromatic hydroxyl groups is 2. The van der Waals surface area contributed by atoms with E-state index in [0.717, 1.165) is 0 Å². The first-order chi connectivity index (χ1) is 17.3. The van der Waals surface area contributed by atoms with E-state index < -0.39 is 11.8 Å². The van der Waals surface area contributed by atoms with Gasteiger partial charge in [0.05, 0.1) is 22.1 Å². The molecule has 6 nitrogen and oxygen atoms in total. The molecule has 5 rings (SSSR count). The maximum Gasteiger partial charge on any atom is 0.255 e. The lowest BCUT2D eigenvalue weighted by Crippen LogP contribution is -2.12. The van der Waals surface area contributed by atoms with Crippen molar-refractivity contribution in [3.8, 4) is 11.5 Å². The van der Waals surface area contributed by atoms with Gasteiger partial charge in [0.25, 0.3) is 11.8 Å². The van der Waals surface area contributed by atoms with E-state index >= 15 is 0 Å². The highest BCUT2D eigenvalue weighted by atomic mass is 35.5. The van der Waals surface area contributed by atoms with E-state index in [-0.39, 0.29) is 22.3 Å². The summed E-state index contributed by atoms with van der Waals surface area (Å²) < 4.78 is 0. The molecule has 0 aliphatic carbocycles. The topological polar surface area (TPSA) is 98.7 Å². The minimum Gasteiger partial charge on any atom is -0.507 e. The first-order valence-electron chi connectivity index (χ1n) is 10.9. The van der Waals surface area contributed by atoms with Gasteiger partial charge in [-0.25, -0.2) is 0 Å². The van der Waals surface area contributed by atoms with Crippen molar-refractivity contribution < 1.29 is 19.8 Å². The van der Waals surface area contributed by atoms with Crippen molar-refractivity contribution >= 4 is 67.9 Å². The number of rotatable bonds is 4. The lowest BCUT2D eigenvalue weighted by Gasteiger charge is -2.16. The molecule has 0 unspecified atom stereocenters. The van der Waals surface area contributed by atoms with Crippen LogP contribution in [0.25, 0.3) is 21.5 Å². The highest BCUT2D eigenvalue weighted by Crippen LogP contribution is 2.47. The first-order valence-corrected chi connectivity index (χ1v) is 11.6. The minimum atomic E-state index is -0.425. The Hall–Kier alpha value is -4.26. The molecular formula is C28H18Cl2N2O4. The Bertz CT molecular complexity index is 1560. The van der Waals surface area contributed by atoms with Crippen LogP contribution >= 0.6 is 23.2 Å². The number of carbonyl (C=O) groups excluding carboxylic acids is 2. The monoisotopic (exact) mass is 516 g/mol. The maximum atomic E-state index is 12.8. The third-order valence-corrected chi connectivity index (χ3v) is 6.25. The fraction of sp³-hybridized carbons (Fsp3) is 0. The second-order valence-electron chi connectivity index (χ2n) is 8.08. The average molecular weight is 517 g/mol. The van der Waals surface area contributed by atoms with Crippen molar-refractivity contribution in [3.63, 3.8) is 0 Å². The maximum absolute atomic E-state index is 12.8. The summed E-state index contributed by atoms with van der Waals surface area (Å²) in [6.45, 7) is 0. The molecule has 2 amide bonds. The molecule has 0 aliphatic rings. The van der Waals surface area contributed by atoms with Crippen LogP contribution in [0.1, 0.15) is 20.7 Å². The molecule has 0 fully saturated rings. The largest absolute Gasteiger partial charge is 0.507 e. The number of fused-ring (bicyclic) bond motifs is 2. The molecule has 0 radical (unpaired) electrons. The molecule has 36 heavy (non-hydrogen) atoms. The van der Waals surface area contributed by atoms with Gasteiger partial charge < -0.3 is 20.8 Å². The van der Waals surface area contributed by atoms with Crippen molar-refractivity contribution in [1.82, 2.24) is 0 Å². The Labute approximate surface area is 215 Å². The Balaban J connectivity index is 1.61. The first kappa shape index (κ1) is 23.5. The number of carbonyl (C=O) groups is 2. The van der Waals surface area contributed by atoms with Gasteiger partial charge in [0.2, 0.25) is 0 Å². The zero-order chi connectivity index (χ0) is 25.4. The van der Waals surface area contributed by atoms with Crippen LogP contribution in [0, 0.1) is 0 Å². The van der Waals surface area contributed by atoms with Crippen LogP contribution in [-0.2, 0) is 0 Å². The van der Waals surface area contributed by atoms with Gasteiger partial charge in [-0.3, -0.25) is 9.59 Å². The number of benzene rings is 5. The normalized spacial score (nSPS) is 10.9. The summed E-state index contributed by atoms with van der Waals surface area (Å²) >= 11 is 12.0. The van der Waals surface area contributed by atoms with Crippen LogP contribution in [-0.4, -0.2) is 22.0 Å². The van der Waals surface area contributed by atoms with Crippen molar-refractivity contribution in [2.75, 3.05) is 10.6 Å². The molecule has 0 heterocycles. The van der Waals surface area contributed by atoms with Gasteiger partial charge in [-0.05, 0) is 48.5 Å². The molecule has 0 atom stereocenters. The van der Waals surface area contributed by atoms with Crippen molar-refractivity contribution in [3.05, 3.63) is 106 Å². The van der Waals surface area contributed by atoms with Gasteiger partial charge in [0, 0.05) is 31.9 Å². The molecule has 0 saturated heterocycles. The lowest BCUT2D eigenvalue weighted by atomic mass is 9.98. The zero-order valence-electron chi connectivity index (χ0n) is 18.5. The van der Waals surface area contributed by atoms with E-state index in [9.17, 15) is 19.8 Å². The summed E-state index contributed by atoms with van der Waals surface area (Å²) in [6, 6.07) is 22.7.